The van der Waals surface area contributed by atoms with E-state index in [1.165, 1.54) is 0 Å². The molecule has 4 atom stereocenters. The highest BCUT2D eigenvalue weighted by molar-refractivity contribution is 5.92. The van der Waals surface area contributed by atoms with Crippen LogP contribution in [0.2, 0.25) is 0 Å². The Morgan fingerprint density at radius 3 is 2.78 bits per heavy atom. The summed E-state index contributed by atoms with van der Waals surface area (Å²) in [4.78, 5) is 24.4. The molecule has 0 aromatic heterocycles. The predicted octanol–water partition coefficient (Wildman–Crippen LogP) is 0.954. The molecular weight excluding hydrogens is 352 g/mol. The molecular formula is C20H26O7. The minimum atomic E-state index is -1.42. The molecule has 2 rings (SSSR count). The van der Waals surface area contributed by atoms with E-state index in [9.17, 15) is 19.8 Å². The Balaban J connectivity index is 2.36. The third-order valence-corrected chi connectivity index (χ3v) is 4.84. The van der Waals surface area contributed by atoms with Crippen molar-refractivity contribution in [1.29, 1.82) is 0 Å². The summed E-state index contributed by atoms with van der Waals surface area (Å²) in [5.41, 5.74) is 1.60. The Bertz CT molecular complexity index is 688. The molecule has 1 saturated heterocycles. The van der Waals surface area contributed by atoms with E-state index >= 15 is 0 Å². The van der Waals surface area contributed by atoms with Crippen LogP contribution in [0.4, 0.5) is 0 Å². The first-order chi connectivity index (χ1) is 12.8. The summed E-state index contributed by atoms with van der Waals surface area (Å²) in [6, 6.07) is 0. The van der Waals surface area contributed by atoms with Gasteiger partial charge in [-0.3, -0.25) is 0 Å². The van der Waals surface area contributed by atoms with Gasteiger partial charge in [0.25, 0.3) is 0 Å². The zero-order chi connectivity index (χ0) is 20.1. The van der Waals surface area contributed by atoms with E-state index in [1.54, 1.807) is 6.08 Å². The van der Waals surface area contributed by atoms with E-state index in [0.29, 0.717) is 19.3 Å². The van der Waals surface area contributed by atoms with Crippen LogP contribution >= 0.6 is 0 Å². The molecule has 0 amide bonds. The van der Waals surface area contributed by atoms with Crippen molar-refractivity contribution >= 4 is 11.9 Å². The molecule has 0 saturated carbocycles. The van der Waals surface area contributed by atoms with Gasteiger partial charge in [-0.05, 0) is 31.4 Å². The van der Waals surface area contributed by atoms with Crippen molar-refractivity contribution in [1.82, 2.24) is 0 Å². The molecule has 7 nitrogen and oxygen atoms in total. The average molecular weight is 378 g/mol. The van der Waals surface area contributed by atoms with Crippen LogP contribution in [0.25, 0.3) is 0 Å². The summed E-state index contributed by atoms with van der Waals surface area (Å²) in [5.74, 6) is -2.05. The second-order valence-corrected chi connectivity index (χ2v) is 6.86. The van der Waals surface area contributed by atoms with Crippen LogP contribution in [0, 0.1) is 5.92 Å². The zero-order valence-corrected chi connectivity index (χ0v) is 15.4. The lowest BCUT2D eigenvalue weighted by molar-refractivity contribution is -0.148. The van der Waals surface area contributed by atoms with Crippen LogP contribution in [-0.2, 0) is 19.1 Å². The predicted molar refractivity (Wildman–Crippen MR) is 97.4 cm³/mol. The SMILES string of the molecule is C=C(C(=O)OC1CC(C)=CCCC(CO)=CC2OC(=O)C(=C)C21)C(O)CO. The minimum absolute atomic E-state index is 0.163. The highest BCUT2D eigenvalue weighted by atomic mass is 16.6. The van der Waals surface area contributed by atoms with Gasteiger partial charge in [0.1, 0.15) is 18.3 Å². The van der Waals surface area contributed by atoms with Crippen molar-refractivity contribution in [3.63, 3.8) is 0 Å². The number of rotatable bonds is 5. The van der Waals surface area contributed by atoms with Crippen LogP contribution in [0.5, 0.6) is 0 Å². The highest BCUT2D eigenvalue weighted by Crippen LogP contribution is 2.36. The second kappa shape index (κ2) is 9.12. The van der Waals surface area contributed by atoms with Crippen LogP contribution in [0.15, 0.2) is 47.6 Å². The molecule has 0 aromatic rings. The maximum atomic E-state index is 12.3. The van der Waals surface area contributed by atoms with E-state index in [-0.39, 0.29) is 17.8 Å². The molecule has 1 aliphatic carbocycles. The molecule has 1 aliphatic heterocycles. The van der Waals surface area contributed by atoms with E-state index < -0.39 is 42.8 Å². The van der Waals surface area contributed by atoms with E-state index in [1.807, 2.05) is 13.0 Å². The maximum absolute atomic E-state index is 12.3. The molecule has 3 N–H and O–H groups in total. The number of hydrogen-bond donors (Lipinski definition) is 3. The maximum Gasteiger partial charge on any atom is 0.336 e. The van der Waals surface area contributed by atoms with Crippen molar-refractivity contribution < 1.29 is 34.4 Å². The summed E-state index contributed by atoms with van der Waals surface area (Å²) in [6.07, 6.45) is 2.46. The first kappa shape index (κ1) is 21.1. The van der Waals surface area contributed by atoms with E-state index in [2.05, 4.69) is 13.2 Å². The molecule has 0 bridgehead atoms. The third-order valence-electron chi connectivity index (χ3n) is 4.84. The first-order valence-electron chi connectivity index (χ1n) is 8.83. The number of carbonyl (C=O) groups is 2. The van der Waals surface area contributed by atoms with Crippen LogP contribution in [-0.4, -0.2) is 58.8 Å². The van der Waals surface area contributed by atoms with Gasteiger partial charge in [0.2, 0.25) is 0 Å². The molecule has 0 aromatic carbocycles. The van der Waals surface area contributed by atoms with Crippen LogP contribution in [0.3, 0.4) is 0 Å². The zero-order valence-electron chi connectivity index (χ0n) is 15.4. The third kappa shape index (κ3) is 4.94. The fourth-order valence-electron chi connectivity index (χ4n) is 3.23. The number of fused-ring (bicyclic) bond motifs is 1. The highest BCUT2D eigenvalue weighted by Gasteiger charge is 2.44. The Hall–Kier alpha value is -2.22. The molecule has 7 heteroatoms. The number of esters is 2. The van der Waals surface area contributed by atoms with Crippen LogP contribution in [0.1, 0.15) is 26.2 Å². The van der Waals surface area contributed by atoms with Gasteiger partial charge in [0.05, 0.1) is 24.7 Å². The molecule has 0 spiro atoms. The average Bonchev–Trinajstić information content (AvgIpc) is 2.92. The van der Waals surface area contributed by atoms with Gasteiger partial charge in [0, 0.05) is 12.0 Å². The normalized spacial score (nSPS) is 27.0. The van der Waals surface area contributed by atoms with Crippen LogP contribution < -0.4 is 0 Å². The molecule has 1 heterocycles. The van der Waals surface area contributed by atoms with Gasteiger partial charge in [-0.1, -0.05) is 24.8 Å². The minimum Gasteiger partial charge on any atom is -0.458 e. The van der Waals surface area contributed by atoms with E-state index in [4.69, 9.17) is 14.6 Å². The molecule has 148 valence electrons. The largest absolute Gasteiger partial charge is 0.458 e. The lowest BCUT2D eigenvalue weighted by Gasteiger charge is -2.28. The van der Waals surface area contributed by atoms with Crippen molar-refractivity contribution in [2.75, 3.05) is 13.2 Å². The van der Waals surface area contributed by atoms with E-state index in [0.717, 1.165) is 11.1 Å². The standard InChI is InChI=1S/C20H26O7/c1-11-5-4-6-14(9-21)8-17-18(13(3)20(25)27-17)16(7-11)26-19(24)12(2)15(23)10-22/h5,8,15-18,21-23H,2-4,6-7,9-10H2,1H3. The monoisotopic (exact) mass is 378 g/mol. The van der Waals surface area contributed by atoms with Gasteiger partial charge in [0.15, 0.2) is 0 Å². The summed E-state index contributed by atoms with van der Waals surface area (Å²) < 4.78 is 10.9. The molecule has 1 fully saturated rings. The van der Waals surface area contributed by atoms with Crippen molar-refractivity contribution in [3.05, 3.63) is 47.6 Å². The second-order valence-electron chi connectivity index (χ2n) is 6.86. The Morgan fingerprint density at radius 1 is 1.44 bits per heavy atom. The van der Waals surface area contributed by atoms with Gasteiger partial charge in [-0.15, -0.1) is 0 Å². The molecule has 4 unspecified atom stereocenters. The topological polar surface area (TPSA) is 113 Å². The summed E-state index contributed by atoms with van der Waals surface area (Å²) >= 11 is 0. The first-order valence-corrected chi connectivity index (χ1v) is 8.83. The smallest absolute Gasteiger partial charge is 0.336 e. The summed E-state index contributed by atoms with van der Waals surface area (Å²) in [6.45, 7) is 8.32. The molecule has 0 radical (unpaired) electrons. The number of aliphatic hydroxyl groups excluding tert-OH is 3. The Kier molecular flexibility index (Phi) is 7.12. The number of ether oxygens (including phenoxy) is 2. The fraction of sp³-hybridized carbons (Fsp3) is 0.500. The molecule has 27 heavy (non-hydrogen) atoms. The van der Waals surface area contributed by atoms with Crippen molar-refractivity contribution in [3.8, 4) is 0 Å². The lowest BCUT2D eigenvalue weighted by Crippen LogP contribution is -2.35. The number of carbonyl (C=O) groups excluding carboxylic acids is 2. The summed E-state index contributed by atoms with van der Waals surface area (Å²) in [5, 5.41) is 28.2. The van der Waals surface area contributed by atoms with Crippen molar-refractivity contribution in [2.24, 2.45) is 5.92 Å². The summed E-state index contributed by atoms with van der Waals surface area (Å²) in [7, 11) is 0. The Morgan fingerprint density at radius 2 is 2.15 bits per heavy atom. The quantitative estimate of drug-likeness (QED) is 0.371. The molecule has 2 aliphatic rings. The van der Waals surface area contributed by atoms with Gasteiger partial charge < -0.3 is 24.8 Å². The van der Waals surface area contributed by atoms with Gasteiger partial charge >= 0.3 is 11.9 Å². The van der Waals surface area contributed by atoms with Gasteiger partial charge in [-0.25, -0.2) is 9.59 Å². The number of hydrogen-bond acceptors (Lipinski definition) is 7. The van der Waals surface area contributed by atoms with Gasteiger partial charge in [-0.2, -0.15) is 0 Å². The lowest BCUT2D eigenvalue weighted by atomic mass is 9.85. The Labute approximate surface area is 158 Å². The van der Waals surface area contributed by atoms with Crippen molar-refractivity contribution in [2.45, 2.75) is 44.5 Å². The number of aliphatic hydroxyl groups is 3. The fourth-order valence-corrected chi connectivity index (χ4v) is 3.23. The number of allylic oxidation sites excluding steroid dienone is 1.